The van der Waals surface area contributed by atoms with Crippen LogP contribution in [0.2, 0.25) is 0 Å². The highest BCUT2D eigenvalue weighted by atomic mass is 79.9. The molecule has 0 saturated heterocycles. The van der Waals surface area contributed by atoms with Crippen LogP contribution in [0.1, 0.15) is 30.0 Å². The summed E-state index contributed by atoms with van der Waals surface area (Å²) in [5, 5.41) is 13.9. The molecule has 1 atom stereocenters. The second-order valence-electron chi connectivity index (χ2n) is 4.06. The monoisotopic (exact) mass is 329 g/mol. The van der Waals surface area contributed by atoms with Crippen LogP contribution in [0.15, 0.2) is 9.85 Å². The van der Waals surface area contributed by atoms with E-state index in [2.05, 4.69) is 42.9 Å². The van der Waals surface area contributed by atoms with Crippen molar-refractivity contribution in [3.63, 3.8) is 0 Å². The lowest BCUT2D eigenvalue weighted by molar-refractivity contribution is 0.546. The summed E-state index contributed by atoms with van der Waals surface area (Å²) in [4.78, 5) is 0. The molecule has 1 unspecified atom stereocenters. The summed E-state index contributed by atoms with van der Waals surface area (Å²) in [5.74, 6) is 0. The topological polar surface area (TPSA) is 55.6 Å². The fraction of sp³-hybridized carbons (Fsp3) is 0.545. The molecule has 98 valence electrons. The van der Waals surface area contributed by atoms with Crippen molar-refractivity contribution in [3.05, 3.63) is 26.9 Å². The van der Waals surface area contributed by atoms with E-state index < -0.39 is 0 Å². The second kappa shape index (κ2) is 5.90. The first-order valence-corrected chi connectivity index (χ1v) is 7.44. The van der Waals surface area contributed by atoms with Crippen LogP contribution < -0.4 is 5.32 Å². The van der Waals surface area contributed by atoms with Gasteiger partial charge in [0.2, 0.25) is 0 Å². The van der Waals surface area contributed by atoms with E-state index in [9.17, 15) is 0 Å². The molecule has 1 N–H and O–H groups in total. The molecule has 2 rings (SSSR count). The maximum atomic E-state index is 4.51. The van der Waals surface area contributed by atoms with E-state index in [0.29, 0.717) is 0 Å². The van der Waals surface area contributed by atoms with Gasteiger partial charge in [0.15, 0.2) is 0 Å². The quantitative estimate of drug-likeness (QED) is 0.912. The number of likely N-dealkylation sites (N-methyl/N-ethyl adjacent to an activating group) is 1. The number of halogens is 1. The molecular formula is C11H16BrN5S. The van der Waals surface area contributed by atoms with Gasteiger partial charge >= 0.3 is 0 Å². The first-order valence-electron chi connectivity index (χ1n) is 5.81. The normalized spacial score (nSPS) is 12.9. The van der Waals surface area contributed by atoms with Crippen molar-refractivity contribution in [3.8, 4) is 0 Å². The molecule has 0 fully saturated rings. The predicted molar refractivity (Wildman–Crippen MR) is 75.7 cm³/mol. The summed E-state index contributed by atoms with van der Waals surface area (Å²) >= 11 is 5.02. The number of nitrogens with zero attached hydrogens (tertiary/aromatic N) is 4. The SMILES string of the molecule is CCc1nn(C)c(CC(NC)c2csnn2)c1Br. The van der Waals surface area contributed by atoms with Crippen LogP contribution in [0.5, 0.6) is 0 Å². The molecule has 0 radical (unpaired) electrons. The zero-order valence-electron chi connectivity index (χ0n) is 10.6. The maximum absolute atomic E-state index is 4.51. The molecule has 5 nitrogen and oxygen atoms in total. The van der Waals surface area contributed by atoms with Gasteiger partial charge in [-0.25, -0.2) is 0 Å². The lowest BCUT2D eigenvalue weighted by Gasteiger charge is -2.13. The zero-order chi connectivity index (χ0) is 13.1. The van der Waals surface area contributed by atoms with Crippen LogP contribution in [0.4, 0.5) is 0 Å². The molecule has 2 aromatic rings. The third kappa shape index (κ3) is 2.62. The van der Waals surface area contributed by atoms with Crippen LogP contribution in [-0.4, -0.2) is 26.4 Å². The lowest BCUT2D eigenvalue weighted by Crippen LogP contribution is -2.20. The van der Waals surface area contributed by atoms with Crippen molar-refractivity contribution in [1.82, 2.24) is 24.7 Å². The third-order valence-electron chi connectivity index (χ3n) is 2.98. The van der Waals surface area contributed by atoms with Gasteiger partial charge in [-0.05, 0) is 40.9 Å². The van der Waals surface area contributed by atoms with E-state index >= 15 is 0 Å². The summed E-state index contributed by atoms with van der Waals surface area (Å²) in [6.07, 6.45) is 1.77. The number of aromatic nitrogens is 4. The minimum atomic E-state index is 0.167. The van der Waals surface area contributed by atoms with Crippen molar-refractivity contribution in [2.75, 3.05) is 7.05 Å². The van der Waals surface area contributed by atoms with Crippen LogP contribution in [-0.2, 0) is 19.9 Å². The van der Waals surface area contributed by atoms with Crippen LogP contribution >= 0.6 is 27.5 Å². The van der Waals surface area contributed by atoms with E-state index in [0.717, 1.165) is 28.7 Å². The molecule has 7 heteroatoms. The highest BCUT2D eigenvalue weighted by molar-refractivity contribution is 9.10. The van der Waals surface area contributed by atoms with Gasteiger partial charge in [0.1, 0.15) is 0 Å². The van der Waals surface area contributed by atoms with E-state index in [1.54, 1.807) is 0 Å². The minimum absolute atomic E-state index is 0.167. The van der Waals surface area contributed by atoms with Crippen LogP contribution in [0, 0.1) is 0 Å². The average molecular weight is 330 g/mol. The van der Waals surface area contributed by atoms with Crippen LogP contribution in [0.25, 0.3) is 0 Å². The Labute approximate surface area is 119 Å². The summed E-state index contributed by atoms with van der Waals surface area (Å²) < 4.78 is 6.96. The van der Waals surface area contributed by atoms with Gasteiger partial charge in [-0.3, -0.25) is 4.68 Å². The van der Waals surface area contributed by atoms with E-state index in [1.165, 1.54) is 17.2 Å². The molecule has 0 amide bonds. The highest BCUT2D eigenvalue weighted by Gasteiger charge is 2.19. The Kier molecular flexibility index (Phi) is 4.47. The standard InChI is InChI=1S/C11H16BrN5S/c1-4-7-11(12)10(17(3)15-7)5-8(13-2)9-6-18-16-14-9/h6,8,13H,4-5H2,1-3H3. The fourth-order valence-corrected chi connectivity index (χ4v) is 3.20. The largest absolute Gasteiger partial charge is 0.311 e. The van der Waals surface area contributed by atoms with Crippen molar-refractivity contribution in [1.29, 1.82) is 0 Å². The molecule has 0 bridgehead atoms. The molecule has 0 saturated carbocycles. The van der Waals surface area contributed by atoms with Gasteiger partial charge in [0, 0.05) is 18.8 Å². The van der Waals surface area contributed by atoms with Gasteiger partial charge in [-0.1, -0.05) is 11.4 Å². The molecule has 0 spiro atoms. The van der Waals surface area contributed by atoms with Crippen molar-refractivity contribution >= 4 is 27.5 Å². The summed E-state index contributed by atoms with van der Waals surface area (Å²) in [6.45, 7) is 2.11. The van der Waals surface area contributed by atoms with Gasteiger partial charge < -0.3 is 5.32 Å². The second-order valence-corrected chi connectivity index (χ2v) is 5.46. The van der Waals surface area contributed by atoms with E-state index in [1.807, 2.05) is 24.2 Å². The first-order chi connectivity index (χ1) is 8.67. The number of nitrogens with one attached hydrogen (secondary N) is 1. The first kappa shape index (κ1) is 13.6. The lowest BCUT2D eigenvalue weighted by atomic mass is 10.1. The number of rotatable bonds is 5. The van der Waals surface area contributed by atoms with Gasteiger partial charge in [-0.15, -0.1) is 5.10 Å². The minimum Gasteiger partial charge on any atom is -0.311 e. The summed E-state index contributed by atoms with van der Waals surface area (Å²) in [7, 11) is 3.92. The average Bonchev–Trinajstić information content (AvgIpc) is 2.97. The van der Waals surface area contributed by atoms with E-state index in [-0.39, 0.29) is 6.04 Å². The Bertz CT molecular complexity index is 508. The molecule has 2 aromatic heterocycles. The van der Waals surface area contributed by atoms with Gasteiger partial charge in [0.25, 0.3) is 0 Å². The molecule has 2 heterocycles. The smallest absolute Gasteiger partial charge is 0.0928 e. The summed E-state index contributed by atoms with van der Waals surface area (Å²) in [5.41, 5.74) is 3.26. The number of aryl methyl sites for hydroxylation is 2. The molecule has 0 aromatic carbocycles. The number of hydrogen-bond donors (Lipinski definition) is 1. The van der Waals surface area contributed by atoms with E-state index in [4.69, 9.17) is 0 Å². The predicted octanol–water partition coefficient (Wildman–Crippen LogP) is 2.10. The van der Waals surface area contributed by atoms with Crippen LogP contribution in [0.3, 0.4) is 0 Å². The molecular weight excluding hydrogens is 314 g/mol. The Hall–Kier alpha value is -0.790. The molecule has 0 aliphatic carbocycles. The number of hydrogen-bond acceptors (Lipinski definition) is 5. The highest BCUT2D eigenvalue weighted by Crippen LogP contribution is 2.26. The zero-order valence-corrected chi connectivity index (χ0v) is 13.0. The Balaban J connectivity index is 2.25. The Morgan fingerprint density at radius 3 is 2.83 bits per heavy atom. The van der Waals surface area contributed by atoms with Crippen molar-refractivity contribution in [2.24, 2.45) is 7.05 Å². The van der Waals surface area contributed by atoms with Gasteiger partial charge in [-0.2, -0.15) is 5.10 Å². The Morgan fingerprint density at radius 1 is 1.56 bits per heavy atom. The summed E-state index contributed by atoms with van der Waals surface area (Å²) in [6, 6.07) is 0.167. The van der Waals surface area contributed by atoms with Crippen molar-refractivity contribution < 1.29 is 0 Å². The third-order valence-corrected chi connectivity index (χ3v) is 4.42. The molecule has 0 aliphatic rings. The Morgan fingerprint density at radius 2 is 2.33 bits per heavy atom. The molecule has 18 heavy (non-hydrogen) atoms. The molecule has 0 aliphatic heterocycles. The van der Waals surface area contributed by atoms with Crippen molar-refractivity contribution in [2.45, 2.75) is 25.8 Å². The fourth-order valence-electron chi connectivity index (χ4n) is 1.91. The van der Waals surface area contributed by atoms with Gasteiger partial charge in [0.05, 0.1) is 27.6 Å². The maximum Gasteiger partial charge on any atom is 0.0928 e.